The molecule has 0 fully saturated rings. The van der Waals surface area contributed by atoms with Crippen LogP contribution in [0.2, 0.25) is 0 Å². The SMILES string of the molecule is CCOC(=O)c1nn(-c2ccc(C(C)C)cc2)c(=O)c2c(NC(=O)c3cccc([N+](=O)[O-])c3C)scc12. The van der Waals surface area contributed by atoms with Crippen LogP contribution < -0.4 is 10.9 Å². The minimum Gasteiger partial charge on any atom is -0.461 e. The minimum absolute atomic E-state index is 0.0623. The van der Waals surface area contributed by atoms with E-state index in [0.29, 0.717) is 5.69 Å². The second kappa shape index (κ2) is 10.3. The fraction of sp³-hybridized carbons (Fsp3) is 0.231. The predicted molar refractivity (Wildman–Crippen MR) is 141 cm³/mol. The zero-order valence-electron chi connectivity index (χ0n) is 20.6. The van der Waals surface area contributed by atoms with E-state index in [9.17, 15) is 24.5 Å². The number of anilines is 1. The summed E-state index contributed by atoms with van der Waals surface area (Å²) in [5.74, 6) is -1.04. The first-order valence-corrected chi connectivity index (χ1v) is 12.4. The Hall–Kier alpha value is -4.38. The van der Waals surface area contributed by atoms with Crippen LogP contribution in [0.5, 0.6) is 0 Å². The average molecular weight is 521 g/mol. The number of rotatable bonds is 7. The quantitative estimate of drug-likeness (QED) is 0.201. The molecule has 0 aliphatic heterocycles. The highest BCUT2D eigenvalue weighted by atomic mass is 32.1. The standard InChI is InChI=1S/C26H24N4O6S/c1-5-36-26(33)22-19-13-37-24(27-23(31)18-7-6-8-20(15(18)4)30(34)35)21(19)25(32)29(28-22)17-11-9-16(10-12-17)14(2)3/h6-14H,5H2,1-4H3,(H,27,31). The fourth-order valence-corrected chi connectivity index (χ4v) is 4.84. The number of fused-ring (bicyclic) bond motifs is 1. The maximum atomic E-state index is 13.6. The van der Waals surface area contributed by atoms with Crippen molar-refractivity contribution in [2.75, 3.05) is 11.9 Å². The third-order valence-electron chi connectivity index (χ3n) is 5.90. The van der Waals surface area contributed by atoms with E-state index in [1.165, 1.54) is 25.1 Å². The van der Waals surface area contributed by atoms with Crippen molar-refractivity contribution < 1.29 is 19.2 Å². The van der Waals surface area contributed by atoms with Crippen molar-refractivity contribution in [1.29, 1.82) is 0 Å². The second-order valence-corrected chi connectivity index (χ2v) is 9.43. The van der Waals surface area contributed by atoms with Gasteiger partial charge in [0.05, 0.1) is 22.6 Å². The van der Waals surface area contributed by atoms with Gasteiger partial charge in [-0.25, -0.2) is 4.79 Å². The highest BCUT2D eigenvalue weighted by Gasteiger charge is 2.24. The van der Waals surface area contributed by atoms with Gasteiger partial charge in [-0.15, -0.1) is 11.3 Å². The van der Waals surface area contributed by atoms with Crippen molar-refractivity contribution in [3.63, 3.8) is 0 Å². The van der Waals surface area contributed by atoms with Gasteiger partial charge in [0.15, 0.2) is 5.69 Å². The number of aromatic nitrogens is 2. The highest BCUT2D eigenvalue weighted by Crippen LogP contribution is 2.32. The number of hydrogen-bond donors (Lipinski definition) is 1. The van der Waals surface area contributed by atoms with Gasteiger partial charge in [-0.05, 0) is 43.5 Å². The fourth-order valence-electron chi connectivity index (χ4n) is 3.91. The maximum Gasteiger partial charge on any atom is 0.359 e. The lowest BCUT2D eigenvalue weighted by Gasteiger charge is -2.11. The molecule has 1 N–H and O–H groups in total. The van der Waals surface area contributed by atoms with Crippen molar-refractivity contribution in [2.45, 2.75) is 33.6 Å². The summed E-state index contributed by atoms with van der Waals surface area (Å²) in [6, 6.07) is 11.4. The van der Waals surface area contributed by atoms with Crippen LogP contribution in [0.1, 0.15) is 58.7 Å². The molecule has 0 bridgehead atoms. The summed E-state index contributed by atoms with van der Waals surface area (Å²) < 4.78 is 6.28. The topological polar surface area (TPSA) is 133 Å². The van der Waals surface area contributed by atoms with Crippen LogP contribution in [-0.4, -0.2) is 33.2 Å². The highest BCUT2D eigenvalue weighted by molar-refractivity contribution is 7.16. The van der Waals surface area contributed by atoms with E-state index in [0.717, 1.165) is 21.6 Å². The molecule has 37 heavy (non-hydrogen) atoms. The van der Waals surface area contributed by atoms with E-state index in [1.807, 2.05) is 26.0 Å². The lowest BCUT2D eigenvalue weighted by atomic mass is 10.0. The number of nitrogens with one attached hydrogen (secondary N) is 1. The van der Waals surface area contributed by atoms with E-state index in [2.05, 4.69) is 10.4 Å². The molecule has 0 atom stereocenters. The van der Waals surface area contributed by atoms with E-state index in [1.54, 1.807) is 24.4 Å². The maximum absolute atomic E-state index is 13.6. The zero-order chi connectivity index (χ0) is 26.9. The molecular formula is C26H24N4O6S. The molecule has 10 nitrogen and oxygen atoms in total. The molecule has 4 aromatic rings. The molecule has 190 valence electrons. The first-order chi connectivity index (χ1) is 17.6. The molecule has 1 amide bonds. The third kappa shape index (κ3) is 4.85. The van der Waals surface area contributed by atoms with Crippen LogP contribution in [0.3, 0.4) is 0 Å². The van der Waals surface area contributed by atoms with Crippen LogP contribution in [0.4, 0.5) is 10.7 Å². The molecule has 0 saturated carbocycles. The Kier molecular flexibility index (Phi) is 7.16. The number of esters is 1. The molecule has 0 radical (unpaired) electrons. The molecule has 0 unspecified atom stereocenters. The number of thiophene rings is 1. The number of benzene rings is 2. The summed E-state index contributed by atoms with van der Waals surface area (Å²) in [5, 5.41) is 20.4. The first kappa shape index (κ1) is 25.7. The Labute approximate surface area is 215 Å². The molecule has 2 heterocycles. The van der Waals surface area contributed by atoms with Crippen LogP contribution in [-0.2, 0) is 4.74 Å². The summed E-state index contributed by atoms with van der Waals surface area (Å²) in [4.78, 5) is 50.2. The van der Waals surface area contributed by atoms with Gasteiger partial charge in [0, 0.05) is 28.0 Å². The van der Waals surface area contributed by atoms with Crippen molar-refractivity contribution in [3.8, 4) is 5.69 Å². The molecule has 0 aliphatic rings. The summed E-state index contributed by atoms with van der Waals surface area (Å²) in [6.45, 7) is 7.36. The average Bonchev–Trinajstić information content (AvgIpc) is 3.28. The summed E-state index contributed by atoms with van der Waals surface area (Å²) in [7, 11) is 0. The van der Waals surface area contributed by atoms with Crippen LogP contribution in [0.15, 0.2) is 52.6 Å². The van der Waals surface area contributed by atoms with Gasteiger partial charge in [0.2, 0.25) is 0 Å². The lowest BCUT2D eigenvalue weighted by molar-refractivity contribution is -0.385. The van der Waals surface area contributed by atoms with Crippen molar-refractivity contribution >= 4 is 44.7 Å². The number of carbonyl (C=O) groups excluding carboxylic acids is 2. The Balaban J connectivity index is 1.86. The lowest BCUT2D eigenvalue weighted by Crippen LogP contribution is -2.25. The molecule has 0 aliphatic carbocycles. The van der Waals surface area contributed by atoms with Crippen molar-refractivity contribution in [3.05, 3.63) is 90.7 Å². The number of nitrogens with zero attached hydrogens (tertiary/aromatic N) is 3. The van der Waals surface area contributed by atoms with E-state index >= 15 is 0 Å². The summed E-state index contributed by atoms with van der Waals surface area (Å²) >= 11 is 1.05. The van der Waals surface area contributed by atoms with E-state index in [-0.39, 0.29) is 50.8 Å². The monoisotopic (exact) mass is 520 g/mol. The number of carbonyl (C=O) groups is 2. The van der Waals surface area contributed by atoms with Gasteiger partial charge in [0.1, 0.15) is 5.00 Å². The number of nitro groups is 1. The third-order valence-corrected chi connectivity index (χ3v) is 6.79. The van der Waals surface area contributed by atoms with Crippen molar-refractivity contribution in [2.24, 2.45) is 0 Å². The zero-order valence-corrected chi connectivity index (χ0v) is 21.4. The van der Waals surface area contributed by atoms with Gasteiger partial charge in [0.25, 0.3) is 17.2 Å². The molecule has 0 saturated heterocycles. The van der Waals surface area contributed by atoms with Crippen LogP contribution in [0, 0.1) is 17.0 Å². The second-order valence-electron chi connectivity index (χ2n) is 8.55. The largest absolute Gasteiger partial charge is 0.461 e. The predicted octanol–water partition coefficient (Wildman–Crippen LogP) is 5.22. The Morgan fingerprint density at radius 2 is 1.89 bits per heavy atom. The summed E-state index contributed by atoms with van der Waals surface area (Å²) in [6.07, 6.45) is 0. The normalized spacial score (nSPS) is 11.1. The van der Waals surface area contributed by atoms with Crippen LogP contribution >= 0.6 is 11.3 Å². The summed E-state index contributed by atoms with van der Waals surface area (Å²) in [5.41, 5.74) is 1.02. The molecule has 0 spiro atoms. The van der Waals surface area contributed by atoms with Gasteiger partial charge < -0.3 is 10.1 Å². The van der Waals surface area contributed by atoms with Crippen molar-refractivity contribution in [1.82, 2.24) is 9.78 Å². The smallest absolute Gasteiger partial charge is 0.359 e. The van der Waals surface area contributed by atoms with E-state index in [4.69, 9.17) is 4.74 Å². The molecule has 2 aromatic carbocycles. The first-order valence-electron chi connectivity index (χ1n) is 11.5. The number of nitro benzene ring substituents is 1. The Morgan fingerprint density at radius 3 is 2.51 bits per heavy atom. The number of amides is 1. The van der Waals surface area contributed by atoms with Gasteiger partial charge in [-0.1, -0.05) is 32.0 Å². The van der Waals surface area contributed by atoms with Gasteiger partial charge in [-0.2, -0.15) is 9.78 Å². The van der Waals surface area contributed by atoms with Gasteiger partial charge in [-0.3, -0.25) is 19.7 Å². The minimum atomic E-state index is -0.703. The Bertz CT molecular complexity index is 1590. The number of hydrogen-bond acceptors (Lipinski definition) is 8. The molecule has 11 heteroatoms. The van der Waals surface area contributed by atoms with Crippen LogP contribution in [0.25, 0.3) is 16.5 Å². The molecule has 2 aromatic heterocycles. The van der Waals surface area contributed by atoms with Gasteiger partial charge >= 0.3 is 5.97 Å². The molecule has 4 rings (SSSR count). The van der Waals surface area contributed by atoms with E-state index < -0.39 is 22.4 Å². The number of ether oxygens (including phenoxy) is 1. The Morgan fingerprint density at radius 1 is 1.19 bits per heavy atom. The molecular weight excluding hydrogens is 496 g/mol.